The monoisotopic (exact) mass is 319 g/mol. The van der Waals surface area contributed by atoms with Gasteiger partial charge in [-0.3, -0.25) is 4.72 Å². The summed E-state index contributed by atoms with van der Waals surface area (Å²) < 4.78 is 65.4. The van der Waals surface area contributed by atoms with Gasteiger partial charge < -0.3 is 10.3 Å². The van der Waals surface area contributed by atoms with E-state index >= 15 is 0 Å². The fourth-order valence-corrected chi connectivity index (χ4v) is 2.77. The van der Waals surface area contributed by atoms with Gasteiger partial charge in [0.1, 0.15) is 10.7 Å². The van der Waals surface area contributed by atoms with Crippen molar-refractivity contribution in [1.29, 1.82) is 0 Å². The second kappa shape index (κ2) is 5.78. The predicted octanol–water partition coefficient (Wildman–Crippen LogP) is 1.95. The number of sulfonamides is 1. The number of benzene rings is 1. The molecule has 1 heterocycles. The van der Waals surface area contributed by atoms with Gasteiger partial charge in [0.25, 0.3) is 10.0 Å². The molecule has 21 heavy (non-hydrogen) atoms. The highest BCUT2D eigenvalue weighted by atomic mass is 32.2. The van der Waals surface area contributed by atoms with Gasteiger partial charge in [-0.15, -0.1) is 0 Å². The van der Waals surface area contributed by atoms with E-state index < -0.39 is 33.2 Å². The Labute approximate surface area is 119 Å². The first kappa shape index (κ1) is 15.4. The van der Waals surface area contributed by atoms with Crippen LogP contribution in [0.25, 0.3) is 0 Å². The van der Waals surface area contributed by atoms with Crippen LogP contribution < -0.4 is 10.0 Å². The lowest BCUT2D eigenvalue weighted by molar-refractivity contribution is 0.498. The van der Waals surface area contributed by atoms with Crippen LogP contribution in [0.2, 0.25) is 0 Å². The van der Waals surface area contributed by atoms with Crippen molar-refractivity contribution < 1.29 is 21.6 Å². The van der Waals surface area contributed by atoms with Crippen molar-refractivity contribution in [1.82, 2.24) is 10.3 Å². The van der Waals surface area contributed by atoms with Crippen LogP contribution in [0.15, 0.2) is 29.3 Å². The number of nitrogens with one attached hydrogen (secondary N) is 3. The fraction of sp³-hybridized carbons (Fsp3) is 0.167. The van der Waals surface area contributed by atoms with E-state index in [2.05, 4.69) is 10.3 Å². The lowest BCUT2D eigenvalue weighted by atomic mass is 10.3. The average Bonchev–Trinajstić information content (AvgIpc) is 2.85. The Bertz CT molecular complexity index is 759. The summed E-state index contributed by atoms with van der Waals surface area (Å²) in [6.45, 7) is 0.401. The average molecular weight is 319 g/mol. The van der Waals surface area contributed by atoms with Crippen LogP contribution >= 0.6 is 0 Å². The second-order valence-electron chi connectivity index (χ2n) is 4.25. The molecule has 0 aliphatic rings. The van der Waals surface area contributed by atoms with E-state index in [1.807, 2.05) is 4.72 Å². The summed E-state index contributed by atoms with van der Waals surface area (Å²) in [5, 5.41) is 2.82. The van der Waals surface area contributed by atoms with Crippen molar-refractivity contribution >= 4 is 15.7 Å². The van der Waals surface area contributed by atoms with Gasteiger partial charge in [0.2, 0.25) is 0 Å². The Morgan fingerprint density at radius 1 is 1.19 bits per heavy atom. The molecule has 114 valence electrons. The zero-order chi connectivity index (χ0) is 15.6. The minimum absolute atomic E-state index is 0.170. The molecule has 0 aliphatic carbocycles. The van der Waals surface area contributed by atoms with Crippen LogP contribution in [0.1, 0.15) is 5.69 Å². The van der Waals surface area contributed by atoms with Gasteiger partial charge in [0.05, 0.1) is 5.69 Å². The predicted molar refractivity (Wildman–Crippen MR) is 70.7 cm³/mol. The third kappa shape index (κ3) is 3.37. The van der Waals surface area contributed by atoms with Crippen LogP contribution in [-0.2, 0) is 16.6 Å². The Morgan fingerprint density at radius 3 is 2.57 bits per heavy atom. The fourth-order valence-electron chi connectivity index (χ4n) is 1.70. The summed E-state index contributed by atoms with van der Waals surface area (Å²) in [5.74, 6) is -4.03. The number of aromatic amines is 1. The summed E-state index contributed by atoms with van der Waals surface area (Å²) in [6.07, 6.45) is 1.20. The summed E-state index contributed by atoms with van der Waals surface area (Å²) in [6, 6.07) is 2.22. The van der Waals surface area contributed by atoms with E-state index in [1.165, 1.54) is 12.3 Å². The molecular formula is C12H12F3N3O2S. The molecule has 0 spiro atoms. The topological polar surface area (TPSA) is 74.0 Å². The molecule has 0 radical (unpaired) electrons. The van der Waals surface area contributed by atoms with E-state index in [0.29, 0.717) is 24.4 Å². The van der Waals surface area contributed by atoms with Gasteiger partial charge >= 0.3 is 0 Å². The molecule has 0 saturated heterocycles. The molecule has 0 amide bonds. The number of aromatic nitrogens is 1. The molecule has 0 unspecified atom stereocenters. The molecule has 1 aromatic heterocycles. The lowest BCUT2D eigenvalue weighted by Gasteiger charge is -2.08. The number of anilines is 1. The van der Waals surface area contributed by atoms with Crippen LogP contribution in [0.3, 0.4) is 0 Å². The molecule has 1 aromatic carbocycles. The number of halogens is 3. The van der Waals surface area contributed by atoms with Crippen LogP contribution in [0, 0.1) is 17.5 Å². The number of rotatable bonds is 5. The van der Waals surface area contributed by atoms with E-state index in [9.17, 15) is 21.6 Å². The Morgan fingerprint density at radius 2 is 1.90 bits per heavy atom. The standard InChI is InChI=1S/C12H12F3N3O2S/c1-16-5-8-4-9(6-17-8)21(19,20)18-11-3-7(13)2-10(14)12(11)15/h2-4,6,16-18H,5H2,1H3. The zero-order valence-corrected chi connectivity index (χ0v) is 11.7. The molecule has 0 saturated carbocycles. The molecule has 0 bridgehead atoms. The van der Waals surface area contributed by atoms with Crippen LogP contribution in [0.5, 0.6) is 0 Å². The molecule has 2 rings (SSSR count). The molecular weight excluding hydrogens is 307 g/mol. The summed E-state index contributed by atoms with van der Waals surface area (Å²) in [4.78, 5) is 2.54. The summed E-state index contributed by atoms with van der Waals surface area (Å²) in [7, 11) is -2.47. The Kier molecular flexibility index (Phi) is 4.24. The highest BCUT2D eigenvalue weighted by Crippen LogP contribution is 2.23. The Hall–Kier alpha value is -2.00. The van der Waals surface area contributed by atoms with E-state index in [-0.39, 0.29) is 4.90 Å². The van der Waals surface area contributed by atoms with Gasteiger partial charge in [-0.1, -0.05) is 0 Å². The minimum atomic E-state index is -4.15. The first-order valence-corrected chi connectivity index (χ1v) is 7.31. The Balaban J connectivity index is 2.33. The number of H-pyrrole nitrogens is 1. The molecule has 3 N–H and O–H groups in total. The van der Waals surface area contributed by atoms with E-state index in [4.69, 9.17) is 0 Å². The molecule has 9 heteroatoms. The SMILES string of the molecule is CNCc1cc(S(=O)(=O)Nc2cc(F)cc(F)c2F)c[nH]1. The first-order valence-electron chi connectivity index (χ1n) is 5.83. The van der Waals surface area contributed by atoms with Crippen molar-refractivity contribution in [2.45, 2.75) is 11.4 Å². The lowest BCUT2D eigenvalue weighted by Crippen LogP contribution is -2.14. The van der Waals surface area contributed by atoms with Crippen molar-refractivity contribution in [3.63, 3.8) is 0 Å². The first-order chi connectivity index (χ1) is 9.83. The zero-order valence-electron chi connectivity index (χ0n) is 10.9. The highest BCUT2D eigenvalue weighted by Gasteiger charge is 2.20. The third-order valence-electron chi connectivity index (χ3n) is 2.63. The quantitative estimate of drug-likeness (QED) is 0.738. The van der Waals surface area contributed by atoms with Crippen molar-refractivity contribution in [2.24, 2.45) is 0 Å². The van der Waals surface area contributed by atoms with Crippen LogP contribution in [0.4, 0.5) is 18.9 Å². The van der Waals surface area contributed by atoms with Gasteiger partial charge in [0, 0.05) is 30.6 Å². The van der Waals surface area contributed by atoms with Crippen LogP contribution in [-0.4, -0.2) is 20.4 Å². The molecule has 5 nitrogen and oxygen atoms in total. The number of hydrogen-bond acceptors (Lipinski definition) is 3. The van der Waals surface area contributed by atoms with E-state index in [1.54, 1.807) is 7.05 Å². The van der Waals surface area contributed by atoms with Gasteiger partial charge in [-0.2, -0.15) is 0 Å². The largest absolute Gasteiger partial charge is 0.363 e. The highest BCUT2D eigenvalue weighted by molar-refractivity contribution is 7.92. The maximum Gasteiger partial charge on any atom is 0.263 e. The minimum Gasteiger partial charge on any atom is -0.363 e. The normalized spacial score (nSPS) is 11.6. The maximum absolute atomic E-state index is 13.5. The van der Waals surface area contributed by atoms with E-state index in [0.717, 1.165) is 0 Å². The third-order valence-corrected chi connectivity index (χ3v) is 3.98. The summed E-state index contributed by atoms with van der Waals surface area (Å²) in [5.41, 5.74) is -0.201. The molecule has 0 fully saturated rings. The number of hydrogen-bond donors (Lipinski definition) is 3. The van der Waals surface area contributed by atoms with Crippen molar-refractivity contribution in [3.8, 4) is 0 Å². The van der Waals surface area contributed by atoms with Gasteiger partial charge in [-0.05, 0) is 13.1 Å². The van der Waals surface area contributed by atoms with Gasteiger partial charge in [0.15, 0.2) is 11.6 Å². The molecule has 2 aromatic rings. The summed E-state index contributed by atoms with van der Waals surface area (Å²) >= 11 is 0. The van der Waals surface area contributed by atoms with Crippen molar-refractivity contribution in [2.75, 3.05) is 11.8 Å². The molecule has 0 aliphatic heterocycles. The second-order valence-corrected chi connectivity index (χ2v) is 5.93. The maximum atomic E-state index is 13.5. The van der Waals surface area contributed by atoms with Crippen molar-refractivity contribution in [3.05, 3.63) is 47.5 Å². The van der Waals surface area contributed by atoms with Gasteiger partial charge in [-0.25, -0.2) is 21.6 Å². The smallest absolute Gasteiger partial charge is 0.263 e. The molecule has 0 atom stereocenters.